The normalized spacial score (nSPS) is 13.1. The number of carbonyl (C=O) groups excluding carboxylic acids is 1. The largest absolute Gasteiger partial charge is 0.481 e. The minimum Gasteiger partial charge on any atom is -0.481 e. The monoisotopic (exact) mass is 434 g/mol. The van der Waals surface area contributed by atoms with Crippen molar-refractivity contribution < 1.29 is 64.5 Å². The van der Waals surface area contributed by atoms with Crippen LogP contribution in [0.15, 0.2) is 0 Å². The zero-order chi connectivity index (χ0) is 14.8. The van der Waals surface area contributed by atoms with Crippen LogP contribution in [0.4, 0.5) is 0 Å². The molecule has 118 valence electrons. The third-order valence-electron chi connectivity index (χ3n) is 2.33. The van der Waals surface area contributed by atoms with Gasteiger partial charge in [0, 0.05) is 52.4 Å². The first-order valence-electron chi connectivity index (χ1n) is 5.80. The van der Waals surface area contributed by atoms with Gasteiger partial charge in [-0.2, -0.15) is 0 Å². The van der Waals surface area contributed by atoms with Crippen LogP contribution in [-0.2, 0) is 14.4 Å². The number of aliphatic carboxylic acids is 2. The van der Waals surface area contributed by atoms with E-state index in [2.05, 4.69) is 10.9 Å². The van der Waals surface area contributed by atoms with Gasteiger partial charge >= 0.3 is 11.9 Å². The molecule has 1 amide bonds. The Balaban J connectivity index is 0. The first-order valence-corrected chi connectivity index (χ1v) is 5.80. The Hall–Kier alpha value is -0.385. The number of carboxylic acids is 2. The van der Waals surface area contributed by atoms with E-state index < -0.39 is 29.9 Å². The van der Waals surface area contributed by atoms with Gasteiger partial charge < -0.3 is 21.7 Å². The fourth-order valence-corrected chi connectivity index (χ4v) is 1.43. The summed E-state index contributed by atoms with van der Waals surface area (Å²) in [5.74, 6) is -2.88. The van der Waals surface area contributed by atoms with Crippen molar-refractivity contribution in [1.82, 2.24) is 10.9 Å². The third kappa shape index (κ3) is 11.4. The number of rotatable bonds is 11. The number of carboxylic acid groups (broad SMARTS) is 2. The molecule has 0 aliphatic heterocycles. The van der Waals surface area contributed by atoms with Crippen molar-refractivity contribution in [2.24, 2.45) is 11.5 Å². The van der Waals surface area contributed by atoms with Gasteiger partial charge in [0.15, 0.2) is 0 Å². The molecule has 0 aliphatic rings. The standard InChI is InChI=1S/C10H20N4O5.Gd/c11-3-1-2-7(10(18)19)14-13-6(4-8(12)15)5-9(16)17;/h6-7,13-14H,1-5,11H2,(H2,12,15)(H,16,17)(H,18,19);/t6-,7+;/m0./s1. The molecule has 0 rings (SSSR count). The number of hydrogen-bond acceptors (Lipinski definition) is 6. The zero-order valence-electron chi connectivity index (χ0n) is 10.8. The van der Waals surface area contributed by atoms with Crippen LogP contribution in [0, 0.1) is 39.9 Å². The summed E-state index contributed by atoms with van der Waals surface area (Å²) in [5, 5.41) is 17.6. The Bertz CT molecular complexity index is 313. The number of hydrazine groups is 1. The minimum atomic E-state index is -1.12. The number of nitrogens with two attached hydrogens (primary N) is 2. The van der Waals surface area contributed by atoms with Crippen molar-refractivity contribution in [3.05, 3.63) is 0 Å². The number of nitrogens with one attached hydrogen (secondary N) is 2. The van der Waals surface area contributed by atoms with Crippen LogP contribution in [0.5, 0.6) is 0 Å². The van der Waals surface area contributed by atoms with Crippen molar-refractivity contribution in [3.8, 4) is 0 Å². The number of amides is 1. The van der Waals surface area contributed by atoms with Crippen molar-refractivity contribution in [1.29, 1.82) is 0 Å². The van der Waals surface area contributed by atoms with E-state index in [4.69, 9.17) is 21.7 Å². The fraction of sp³-hybridized carbons (Fsp3) is 0.700. The van der Waals surface area contributed by atoms with Crippen molar-refractivity contribution >= 4 is 17.8 Å². The Kier molecular flexibility index (Phi) is 13.5. The van der Waals surface area contributed by atoms with Crippen molar-refractivity contribution in [2.45, 2.75) is 37.8 Å². The number of carbonyl (C=O) groups is 3. The molecule has 0 aromatic rings. The van der Waals surface area contributed by atoms with Gasteiger partial charge in [-0.1, -0.05) is 0 Å². The van der Waals surface area contributed by atoms with Crippen LogP contribution >= 0.6 is 0 Å². The summed E-state index contributed by atoms with van der Waals surface area (Å²) in [6.45, 7) is 0.352. The predicted octanol–water partition coefficient (Wildman–Crippen LogP) is -2.01. The summed E-state index contributed by atoms with van der Waals surface area (Å²) in [5.41, 5.74) is 15.3. The van der Waals surface area contributed by atoms with E-state index in [-0.39, 0.29) is 59.2 Å². The predicted molar refractivity (Wildman–Crippen MR) is 65.8 cm³/mol. The zero-order valence-corrected chi connectivity index (χ0v) is 13.1. The molecule has 0 fully saturated rings. The molecule has 10 heteroatoms. The van der Waals surface area contributed by atoms with Gasteiger partial charge in [0.05, 0.1) is 6.42 Å². The van der Waals surface area contributed by atoms with Crippen LogP contribution in [-0.4, -0.2) is 46.7 Å². The van der Waals surface area contributed by atoms with Gasteiger partial charge in [0.1, 0.15) is 6.04 Å². The van der Waals surface area contributed by atoms with Crippen LogP contribution < -0.4 is 22.3 Å². The fourth-order valence-electron chi connectivity index (χ4n) is 1.43. The van der Waals surface area contributed by atoms with Crippen molar-refractivity contribution in [3.63, 3.8) is 0 Å². The van der Waals surface area contributed by atoms with Crippen LogP contribution in [0.25, 0.3) is 0 Å². The summed E-state index contributed by atoms with van der Waals surface area (Å²) in [6, 6.07) is -1.68. The Morgan fingerprint density at radius 1 is 1.10 bits per heavy atom. The Morgan fingerprint density at radius 2 is 1.70 bits per heavy atom. The third-order valence-corrected chi connectivity index (χ3v) is 2.33. The molecule has 8 N–H and O–H groups in total. The van der Waals surface area contributed by atoms with E-state index in [1.165, 1.54) is 0 Å². The summed E-state index contributed by atoms with van der Waals surface area (Å²) in [4.78, 5) is 32.3. The molecule has 0 heterocycles. The summed E-state index contributed by atoms with van der Waals surface area (Å²) in [6.07, 6.45) is 0.238. The van der Waals surface area contributed by atoms with Gasteiger partial charge in [-0.3, -0.25) is 19.8 Å². The van der Waals surface area contributed by atoms with Gasteiger partial charge in [-0.15, -0.1) is 0 Å². The van der Waals surface area contributed by atoms with E-state index in [1.54, 1.807) is 0 Å². The molecule has 0 saturated carbocycles. The maximum atomic E-state index is 10.9. The molecule has 2 atom stereocenters. The molecule has 9 nitrogen and oxygen atoms in total. The van der Waals surface area contributed by atoms with Gasteiger partial charge in [-0.05, 0) is 19.4 Å². The first kappa shape index (κ1) is 21.9. The first-order chi connectivity index (χ1) is 8.86. The molecule has 0 aromatic heterocycles. The van der Waals surface area contributed by atoms with E-state index >= 15 is 0 Å². The Morgan fingerprint density at radius 3 is 2.10 bits per heavy atom. The molecule has 0 saturated heterocycles. The molecule has 0 aromatic carbocycles. The quantitative estimate of drug-likeness (QED) is 0.203. The smallest absolute Gasteiger partial charge is 0.322 e. The van der Waals surface area contributed by atoms with Crippen LogP contribution in [0.2, 0.25) is 0 Å². The van der Waals surface area contributed by atoms with E-state index in [9.17, 15) is 14.4 Å². The minimum absolute atomic E-state index is 0. The maximum Gasteiger partial charge on any atom is 0.322 e. The molecule has 0 unspecified atom stereocenters. The molecule has 0 spiro atoms. The Labute approximate surface area is 148 Å². The van der Waals surface area contributed by atoms with Crippen LogP contribution in [0.3, 0.4) is 0 Å². The van der Waals surface area contributed by atoms with Gasteiger partial charge in [0.25, 0.3) is 0 Å². The van der Waals surface area contributed by atoms with Crippen molar-refractivity contribution in [2.75, 3.05) is 6.54 Å². The topological polar surface area (TPSA) is 168 Å². The van der Waals surface area contributed by atoms with Crippen LogP contribution in [0.1, 0.15) is 25.7 Å². The summed E-state index contributed by atoms with van der Waals surface area (Å²) < 4.78 is 0. The molecule has 20 heavy (non-hydrogen) atoms. The average Bonchev–Trinajstić information content (AvgIpc) is 2.26. The number of hydrogen-bond donors (Lipinski definition) is 6. The molecule has 0 radical (unpaired) electrons. The van der Waals surface area contributed by atoms with E-state index in [0.29, 0.717) is 13.0 Å². The molecule has 0 aliphatic carbocycles. The van der Waals surface area contributed by atoms with Gasteiger partial charge in [0.2, 0.25) is 5.91 Å². The van der Waals surface area contributed by atoms with E-state index in [1.807, 2.05) is 0 Å². The summed E-state index contributed by atoms with van der Waals surface area (Å²) in [7, 11) is 0. The average molecular weight is 434 g/mol. The van der Waals surface area contributed by atoms with E-state index in [0.717, 1.165) is 0 Å². The second-order valence-corrected chi connectivity index (χ2v) is 4.08. The SMILES string of the molecule is NCCC[C@@H](NN[C@@H](CC(N)=O)CC(=O)O)C(=O)O.[Gd]. The molecular weight excluding hydrogens is 413 g/mol. The molecule has 0 bridgehead atoms. The molecular formula is C10H20GdN4O5. The second-order valence-electron chi connectivity index (χ2n) is 4.08. The van der Waals surface area contributed by atoms with Gasteiger partial charge in [-0.25, -0.2) is 5.43 Å². The second kappa shape index (κ2) is 12.4. The maximum absolute atomic E-state index is 10.9. The summed E-state index contributed by atoms with van der Waals surface area (Å²) >= 11 is 0. The number of primary amides is 1.